The molecule has 0 unspecified atom stereocenters. The van der Waals surface area contributed by atoms with Gasteiger partial charge >= 0.3 is 5.97 Å². The van der Waals surface area contributed by atoms with Crippen molar-refractivity contribution in [3.8, 4) is 0 Å². The Bertz CT molecular complexity index is 598. The lowest BCUT2D eigenvalue weighted by Crippen LogP contribution is -2.27. The summed E-state index contributed by atoms with van der Waals surface area (Å²) in [4.78, 5) is 14.0. The van der Waals surface area contributed by atoms with Gasteiger partial charge in [-0.1, -0.05) is 60.7 Å². The van der Waals surface area contributed by atoms with Crippen molar-refractivity contribution in [2.45, 2.75) is 39.2 Å². The van der Waals surface area contributed by atoms with Crippen LogP contribution in [0.3, 0.4) is 0 Å². The molecule has 0 N–H and O–H groups in total. The summed E-state index contributed by atoms with van der Waals surface area (Å²) in [6, 6.07) is 21.1. The minimum atomic E-state index is -0.107. The molecular weight excluding hydrogens is 310 g/mol. The topological polar surface area (TPSA) is 29.5 Å². The van der Waals surface area contributed by atoms with Gasteiger partial charge in [-0.3, -0.25) is 9.69 Å². The van der Waals surface area contributed by atoms with Gasteiger partial charge in [0.1, 0.15) is 0 Å². The van der Waals surface area contributed by atoms with E-state index in [1.54, 1.807) is 0 Å². The molecule has 0 amide bonds. The lowest BCUT2D eigenvalue weighted by atomic mass is 10.1. The Labute approximate surface area is 151 Å². The first kappa shape index (κ1) is 19.2. The van der Waals surface area contributed by atoms with Gasteiger partial charge < -0.3 is 4.74 Å². The minimum Gasteiger partial charge on any atom is -0.466 e. The molecule has 0 radical (unpaired) electrons. The van der Waals surface area contributed by atoms with Crippen molar-refractivity contribution in [3.63, 3.8) is 0 Å². The fourth-order valence-corrected chi connectivity index (χ4v) is 2.90. The van der Waals surface area contributed by atoms with Crippen molar-refractivity contribution in [2.24, 2.45) is 0 Å². The molecule has 0 heterocycles. The number of benzene rings is 2. The Morgan fingerprint density at radius 3 is 2.16 bits per heavy atom. The SMILES string of the molecule is CCOC(=O)CCN(CCCCc1ccccc1)Cc1ccccc1. The van der Waals surface area contributed by atoms with Crippen molar-refractivity contribution < 1.29 is 9.53 Å². The second-order valence-corrected chi connectivity index (χ2v) is 6.26. The van der Waals surface area contributed by atoms with E-state index < -0.39 is 0 Å². The Balaban J connectivity index is 1.79. The summed E-state index contributed by atoms with van der Waals surface area (Å²) < 4.78 is 5.06. The lowest BCUT2D eigenvalue weighted by Gasteiger charge is -2.22. The molecule has 3 heteroatoms. The highest BCUT2D eigenvalue weighted by Gasteiger charge is 2.09. The van der Waals surface area contributed by atoms with E-state index in [4.69, 9.17) is 4.74 Å². The fraction of sp³-hybridized carbons (Fsp3) is 0.409. The van der Waals surface area contributed by atoms with Gasteiger partial charge in [-0.25, -0.2) is 0 Å². The van der Waals surface area contributed by atoms with Crippen LogP contribution in [-0.4, -0.2) is 30.6 Å². The highest BCUT2D eigenvalue weighted by molar-refractivity contribution is 5.69. The number of nitrogens with zero attached hydrogens (tertiary/aromatic N) is 1. The number of hydrogen-bond donors (Lipinski definition) is 0. The number of aryl methyl sites for hydroxylation is 1. The third kappa shape index (κ3) is 7.99. The van der Waals surface area contributed by atoms with E-state index >= 15 is 0 Å². The maximum Gasteiger partial charge on any atom is 0.307 e. The molecule has 0 aromatic heterocycles. The van der Waals surface area contributed by atoms with Gasteiger partial charge in [0, 0.05) is 13.1 Å². The van der Waals surface area contributed by atoms with Crippen LogP contribution in [-0.2, 0) is 22.5 Å². The predicted molar refractivity (Wildman–Crippen MR) is 102 cm³/mol. The Kier molecular flexibility index (Phi) is 8.78. The molecule has 2 aromatic carbocycles. The number of carbonyl (C=O) groups excluding carboxylic acids is 1. The molecule has 0 aliphatic heterocycles. The van der Waals surface area contributed by atoms with Crippen LogP contribution in [0.2, 0.25) is 0 Å². The third-order valence-corrected chi connectivity index (χ3v) is 4.22. The van der Waals surface area contributed by atoms with Gasteiger partial charge in [-0.15, -0.1) is 0 Å². The van der Waals surface area contributed by atoms with Crippen molar-refractivity contribution in [2.75, 3.05) is 19.7 Å². The summed E-state index contributed by atoms with van der Waals surface area (Å²) in [6.45, 7) is 4.93. The van der Waals surface area contributed by atoms with E-state index in [-0.39, 0.29) is 5.97 Å². The minimum absolute atomic E-state index is 0.107. The first-order chi connectivity index (χ1) is 12.3. The Morgan fingerprint density at radius 1 is 0.880 bits per heavy atom. The Morgan fingerprint density at radius 2 is 1.52 bits per heavy atom. The van der Waals surface area contributed by atoms with E-state index in [1.807, 2.05) is 13.0 Å². The molecule has 0 saturated heterocycles. The fourth-order valence-electron chi connectivity index (χ4n) is 2.90. The number of esters is 1. The zero-order chi connectivity index (χ0) is 17.7. The van der Waals surface area contributed by atoms with Crippen molar-refractivity contribution in [3.05, 3.63) is 71.8 Å². The average molecular weight is 339 g/mol. The van der Waals surface area contributed by atoms with E-state index in [1.165, 1.54) is 11.1 Å². The summed E-state index contributed by atoms with van der Waals surface area (Å²) in [7, 11) is 0. The second kappa shape index (κ2) is 11.4. The molecule has 25 heavy (non-hydrogen) atoms. The van der Waals surface area contributed by atoms with Gasteiger partial charge in [-0.05, 0) is 43.9 Å². The van der Waals surface area contributed by atoms with Crippen molar-refractivity contribution in [1.82, 2.24) is 4.90 Å². The van der Waals surface area contributed by atoms with Crippen LogP contribution >= 0.6 is 0 Å². The zero-order valence-corrected chi connectivity index (χ0v) is 15.2. The smallest absolute Gasteiger partial charge is 0.307 e. The molecule has 0 bridgehead atoms. The Hall–Kier alpha value is -2.13. The van der Waals surface area contributed by atoms with Crippen LogP contribution in [0.5, 0.6) is 0 Å². The quantitative estimate of drug-likeness (QED) is 0.447. The molecule has 0 atom stereocenters. The average Bonchev–Trinajstić information content (AvgIpc) is 2.65. The van der Waals surface area contributed by atoms with Gasteiger partial charge in [0.2, 0.25) is 0 Å². The van der Waals surface area contributed by atoms with Gasteiger partial charge in [0.05, 0.1) is 13.0 Å². The largest absolute Gasteiger partial charge is 0.466 e. The monoisotopic (exact) mass is 339 g/mol. The predicted octanol–water partition coefficient (Wildman–Crippen LogP) is 4.46. The molecule has 0 saturated carbocycles. The van der Waals surface area contributed by atoms with Crippen LogP contribution in [0.1, 0.15) is 37.3 Å². The number of rotatable bonds is 11. The molecule has 2 rings (SSSR count). The lowest BCUT2D eigenvalue weighted by molar-refractivity contribution is -0.143. The molecule has 0 aliphatic carbocycles. The summed E-state index contributed by atoms with van der Waals surface area (Å²) in [5, 5.41) is 0. The van der Waals surface area contributed by atoms with E-state index in [2.05, 4.69) is 59.5 Å². The number of ether oxygens (including phenoxy) is 1. The van der Waals surface area contributed by atoms with Crippen LogP contribution in [0.4, 0.5) is 0 Å². The molecule has 134 valence electrons. The van der Waals surface area contributed by atoms with Crippen LogP contribution in [0.25, 0.3) is 0 Å². The highest BCUT2D eigenvalue weighted by Crippen LogP contribution is 2.09. The number of unbranched alkanes of at least 4 members (excludes halogenated alkanes) is 1. The summed E-state index contributed by atoms with van der Waals surface area (Å²) in [5.74, 6) is -0.107. The van der Waals surface area contributed by atoms with Gasteiger partial charge in [0.15, 0.2) is 0 Å². The summed E-state index contributed by atoms with van der Waals surface area (Å²) in [6.07, 6.45) is 3.86. The summed E-state index contributed by atoms with van der Waals surface area (Å²) >= 11 is 0. The van der Waals surface area contributed by atoms with Gasteiger partial charge in [0.25, 0.3) is 0 Å². The zero-order valence-electron chi connectivity index (χ0n) is 15.2. The van der Waals surface area contributed by atoms with E-state index in [0.29, 0.717) is 13.0 Å². The van der Waals surface area contributed by atoms with Gasteiger partial charge in [-0.2, -0.15) is 0 Å². The molecule has 0 spiro atoms. The molecule has 3 nitrogen and oxygen atoms in total. The standard InChI is InChI=1S/C22H29NO2/c1-2-25-22(24)16-18-23(19-21-14-7-4-8-15-21)17-10-9-13-20-11-5-3-6-12-20/h3-8,11-12,14-15H,2,9-10,13,16-19H2,1H3. The maximum absolute atomic E-state index is 11.7. The van der Waals surface area contributed by atoms with Crippen LogP contribution in [0.15, 0.2) is 60.7 Å². The van der Waals surface area contributed by atoms with E-state index in [0.717, 1.165) is 38.9 Å². The first-order valence-corrected chi connectivity index (χ1v) is 9.23. The normalized spacial score (nSPS) is 10.8. The van der Waals surface area contributed by atoms with E-state index in [9.17, 15) is 4.79 Å². The first-order valence-electron chi connectivity index (χ1n) is 9.23. The number of carbonyl (C=O) groups is 1. The molecule has 0 aliphatic rings. The summed E-state index contributed by atoms with van der Waals surface area (Å²) in [5.41, 5.74) is 2.68. The molecule has 0 fully saturated rings. The second-order valence-electron chi connectivity index (χ2n) is 6.26. The van der Waals surface area contributed by atoms with Crippen LogP contribution in [0, 0.1) is 0 Å². The highest BCUT2D eigenvalue weighted by atomic mass is 16.5. The van der Waals surface area contributed by atoms with Crippen LogP contribution < -0.4 is 0 Å². The van der Waals surface area contributed by atoms with Crippen molar-refractivity contribution in [1.29, 1.82) is 0 Å². The van der Waals surface area contributed by atoms with Crippen molar-refractivity contribution >= 4 is 5.97 Å². The third-order valence-electron chi connectivity index (χ3n) is 4.22. The molecule has 2 aromatic rings. The molecular formula is C22H29NO2. The maximum atomic E-state index is 11.7. The number of hydrogen-bond acceptors (Lipinski definition) is 3.